The standard InChI is InChI=1S/C26H27IN2O3/c1-18-7-5-6-10-22(18)25(31)28(16-15-19-8-3-2-4-9-19)23-17-24(30)29(26(23)32)21-13-11-20(27)12-14-21/h5-8,10-14,23H,2-4,9,15-17H2,1H3. The second-order valence-corrected chi connectivity index (χ2v) is 9.68. The monoisotopic (exact) mass is 542 g/mol. The average Bonchev–Trinajstić information content (AvgIpc) is 3.09. The molecule has 1 heterocycles. The van der Waals surface area contributed by atoms with Gasteiger partial charge in [-0.05, 0) is 97.5 Å². The molecule has 2 aliphatic rings. The fourth-order valence-electron chi connectivity index (χ4n) is 4.48. The molecular weight excluding hydrogens is 515 g/mol. The summed E-state index contributed by atoms with van der Waals surface area (Å²) < 4.78 is 1.03. The summed E-state index contributed by atoms with van der Waals surface area (Å²) in [6.07, 6.45) is 7.50. The highest BCUT2D eigenvalue weighted by atomic mass is 127. The molecule has 1 aliphatic heterocycles. The summed E-state index contributed by atoms with van der Waals surface area (Å²) >= 11 is 2.19. The van der Waals surface area contributed by atoms with Crippen molar-refractivity contribution in [2.24, 2.45) is 0 Å². The lowest BCUT2D eigenvalue weighted by Crippen LogP contribution is -2.46. The highest BCUT2D eigenvalue weighted by molar-refractivity contribution is 14.1. The van der Waals surface area contributed by atoms with Gasteiger partial charge in [-0.25, -0.2) is 4.90 Å². The number of amides is 3. The minimum Gasteiger partial charge on any atom is -0.326 e. The van der Waals surface area contributed by atoms with Crippen molar-refractivity contribution in [3.63, 3.8) is 0 Å². The highest BCUT2D eigenvalue weighted by Crippen LogP contribution is 2.29. The Hall–Kier alpha value is -2.48. The van der Waals surface area contributed by atoms with Gasteiger partial charge in [0.2, 0.25) is 5.91 Å². The number of aryl methyl sites for hydroxylation is 1. The Balaban J connectivity index is 1.62. The zero-order chi connectivity index (χ0) is 22.7. The predicted molar refractivity (Wildman–Crippen MR) is 133 cm³/mol. The maximum Gasteiger partial charge on any atom is 0.257 e. The van der Waals surface area contributed by atoms with Crippen molar-refractivity contribution in [2.45, 2.75) is 51.5 Å². The summed E-state index contributed by atoms with van der Waals surface area (Å²) in [6.45, 7) is 2.33. The molecule has 0 bridgehead atoms. The minimum absolute atomic E-state index is 0.0154. The number of anilines is 1. The van der Waals surface area contributed by atoms with Crippen LogP contribution in [0.3, 0.4) is 0 Å². The van der Waals surface area contributed by atoms with Gasteiger partial charge < -0.3 is 4.90 Å². The molecule has 0 radical (unpaired) electrons. The molecule has 5 nitrogen and oxygen atoms in total. The van der Waals surface area contributed by atoms with Crippen LogP contribution in [0.5, 0.6) is 0 Å². The van der Waals surface area contributed by atoms with Crippen LogP contribution in [0, 0.1) is 10.5 Å². The first-order valence-corrected chi connectivity index (χ1v) is 12.2. The number of halogens is 1. The summed E-state index contributed by atoms with van der Waals surface area (Å²) in [7, 11) is 0. The molecule has 1 unspecified atom stereocenters. The number of allylic oxidation sites excluding steroid dienone is 1. The maximum atomic E-state index is 13.6. The molecule has 166 valence electrons. The number of hydrogen-bond acceptors (Lipinski definition) is 3. The van der Waals surface area contributed by atoms with Crippen molar-refractivity contribution in [2.75, 3.05) is 11.4 Å². The highest BCUT2D eigenvalue weighted by Gasteiger charge is 2.44. The normalized spacial score (nSPS) is 18.6. The summed E-state index contributed by atoms with van der Waals surface area (Å²) in [6, 6.07) is 13.9. The van der Waals surface area contributed by atoms with Gasteiger partial charge >= 0.3 is 0 Å². The predicted octanol–water partition coefficient (Wildman–Crippen LogP) is 5.26. The number of benzene rings is 2. The quantitative estimate of drug-likeness (QED) is 0.284. The van der Waals surface area contributed by atoms with Crippen LogP contribution in [0.1, 0.15) is 54.4 Å². The lowest BCUT2D eigenvalue weighted by molar-refractivity contribution is -0.122. The molecule has 0 aromatic heterocycles. The lowest BCUT2D eigenvalue weighted by atomic mass is 9.96. The first kappa shape index (κ1) is 22.7. The summed E-state index contributed by atoms with van der Waals surface area (Å²) in [5.41, 5.74) is 3.34. The number of hydrogen-bond donors (Lipinski definition) is 0. The fourth-order valence-corrected chi connectivity index (χ4v) is 4.84. The Bertz CT molecular complexity index is 1060. The molecule has 0 N–H and O–H groups in total. The summed E-state index contributed by atoms with van der Waals surface area (Å²) in [4.78, 5) is 42.7. The molecule has 1 fully saturated rings. The smallest absolute Gasteiger partial charge is 0.257 e. The van der Waals surface area contributed by atoms with Gasteiger partial charge in [-0.2, -0.15) is 0 Å². The van der Waals surface area contributed by atoms with Crippen molar-refractivity contribution in [3.05, 3.63) is 74.9 Å². The van der Waals surface area contributed by atoms with Crippen LogP contribution in [0.25, 0.3) is 0 Å². The van der Waals surface area contributed by atoms with Gasteiger partial charge in [0.15, 0.2) is 0 Å². The third-order valence-electron chi connectivity index (χ3n) is 6.28. The van der Waals surface area contributed by atoms with E-state index in [1.165, 1.54) is 23.3 Å². The number of nitrogens with zero attached hydrogens (tertiary/aromatic N) is 2. The van der Waals surface area contributed by atoms with Crippen molar-refractivity contribution < 1.29 is 14.4 Å². The van der Waals surface area contributed by atoms with Crippen LogP contribution in [0.4, 0.5) is 5.69 Å². The van der Waals surface area contributed by atoms with Crippen LogP contribution in [-0.2, 0) is 9.59 Å². The van der Waals surface area contributed by atoms with E-state index in [0.717, 1.165) is 28.4 Å². The molecule has 3 amide bonds. The summed E-state index contributed by atoms with van der Waals surface area (Å²) in [5, 5.41) is 0. The van der Waals surface area contributed by atoms with Gasteiger partial charge in [0.1, 0.15) is 6.04 Å². The van der Waals surface area contributed by atoms with Gasteiger partial charge in [0.05, 0.1) is 12.1 Å². The van der Waals surface area contributed by atoms with Crippen LogP contribution < -0.4 is 4.90 Å². The Morgan fingerprint density at radius 2 is 1.84 bits per heavy atom. The van der Waals surface area contributed by atoms with E-state index < -0.39 is 6.04 Å². The Kier molecular flexibility index (Phi) is 7.08. The van der Waals surface area contributed by atoms with Gasteiger partial charge in [-0.3, -0.25) is 14.4 Å². The van der Waals surface area contributed by atoms with Gasteiger partial charge in [-0.15, -0.1) is 0 Å². The molecule has 32 heavy (non-hydrogen) atoms. The van der Waals surface area contributed by atoms with Crippen LogP contribution in [0.2, 0.25) is 0 Å². The van der Waals surface area contributed by atoms with Crippen molar-refractivity contribution >= 4 is 46.0 Å². The third-order valence-corrected chi connectivity index (χ3v) is 7.00. The molecule has 2 aromatic rings. The van der Waals surface area contributed by atoms with Gasteiger partial charge in [0.25, 0.3) is 11.8 Å². The van der Waals surface area contributed by atoms with E-state index in [0.29, 0.717) is 17.8 Å². The van der Waals surface area contributed by atoms with E-state index in [4.69, 9.17) is 0 Å². The van der Waals surface area contributed by atoms with Crippen LogP contribution in [-0.4, -0.2) is 35.2 Å². The van der Waals surface area contributed by atoms with Crippen molar-refractivity contribution in [1.29, 1.82) is 0 Å². The SMILES string of the molecule is Cc1ccccc1C(=O)N(CCC1=CCCCC1)C1CC(=O)N(c2ccc(I)cc2)C1=O. The molecular formula is C26H27IN2O3. The molecule has 6 heteroatoms. The van der Waals surface area contributed by atoms with E-state index in [2.05, 4.69) is 28.7 Å². The Morgan fingerprint density at radius 1 is 1.09 bits per heavy atom. The lowest BCUT2D eigenvalue weighted by Gasteiger charge is -2.29. The van der Waals surface area contributed by atoms with E-state index in [-0.39, 0.29) is 24.1 Å². The van der Waals surface area contributed by atoms with E-state index >= 15 is 0 Å². The third kappa shape index (κ3) is 4.80. The van der Waals surface area contributed by atoms with E-state index in [1.807, 2.05) is 37.3 Å². The second kappa shape index (κ2) is 9.98. The first-order valence-electron chi connectivity index (χ1n) is 11.1. The van der Waals surface area contributed by atoms with Crippen LogP contribution >= 0.6 is 22.6 Å². The number of carbonyl (C=O) groups excluding carboxylic acids is 3. The Morgan fingerprint density at radius 3 is 2.53 bits per heavy atom. The Labute approximate surface area is 202 Å². The molecule has 2 aromatic carbocycles. The molecule has 1 aliphatic carbocycles. The zero-order valence-corrected chi connectivity index (χ0v) is 20.4. The van der Waals surface area contributed by atoms with Crippen molar-refractivity contribution in [3.8, 4) is 0 Å². The minimum atomic E-state index is -0.780. The molecule has 0 saturated carbocycles. The van der Waals surface area contributed by atoms with Crippen LogP contribution in [0.15, 0.2) is 60.2 Å². The molecule has 4 rings (SSSR count). The number of imide groups is 1. The topological polar surface area (TPSA) is 57.7 Å². The summed E-state index contributed by atoms with van der Waals surface area (Å²) in [5.74, 6) is -0.772. The maximum absolute atomic E-state index is 13.6. The molecule has 0 spiro atoms. The van der Waals surface area contributed by atoms with Crippen molar-refractivity contribution in [1.82, 2.24) is 4.90 Å². The number of carbonyl (C=O) groups is 3. The number of rotatable bonds is 6. The van der Waals surface area contributed by atoms with Gasteiger partial charge in [-0.1, -0.05) is 29.8 Å². The fraction of sp³-hybridized carbons (Fsp3) is 0.346. The van der Waals surface area contributed by atoms with E-state index in [1.54, 1.807) is 23.1 Å². The average molecular weight is 542 g/mol. The second-order valence-electron chi connectivity index (χ2n) is 8.44. The zero-order valence-electron chi connectivity index (χ0n) is 18.2. The first-order chi connectivity index (χ1) is 15.5. The van der Waals surface area contributed by atoms with Gasteiger partial charge in [0, 0.05) is 15.7 Å². The molecule has 1 saturated heterocycles. The van der Waals surface area contributed by atoms with E-state index in [9.17, 15) is 14.4 Å². The molecule has 1 atom stereocenters. The largest absolute Gasteiger partial charge is 0.326 e.